The van der Waals surface area contributed by atoms with Crippen molar-refractivity contribution < 1.29 is 14.3 Å². The van der Waals surface area contributed by atoms with Gasteiger partial charge in [-0.3, -0.25) is 9.59 Å². The van der Waals surface area contributed by atoms with Crippen LogP contribution in [0.25, 0.3) is 0 Å². The molecule has 3 rings (SSSR count). The van der Waals surface area contributed by atoms with Crippen LogP contribution in [0.3, 0.4) is 0 Å². The second-order valence-corrected chi connectivity index (χ2v) is 10.5. The second-order valence-electron chi connectivity index (χ2n) is 9.69. The van der Waals surface area contributed by atoms with Gasteiger partial charge in [0.2, 0.25) is 5.91 Å². The molecule has 6 heteroatoms. The molecule has 0 aliphatic heterocycles. The Morgan fingerprint density at radius 3 is 2.16 bits per heavy atom. The summed E-state index contributed by atoms with van der Waals surface area (Å²) in [7, 11) is 0. The minimum atomic E-state index is -0.679. The average Bonchev–Trinajstić information content (AvgIpc) is 2.89. The maximum absolute atomic E-state index is 13.7. The van der Waals surface area contributed by atoms with Crippen LogP contribution in [-0.2, 0) is 22.6 Å². The van der Waals surface area contributed by atoms with E-state index in [0.717, 1.165) is 38.7 Å². The number of amides is 2. The molecule has 0 fully saturated rings. The highest BCUT2D eigenvalue weighted by Gasteiger charge is 2.31. The van der Waals surface area contributed by atoms with Crippen LogP contribution >= 0.6 is 15.9 Å². The molecule has 0 aliphatic rings. The lowest BCUT2D eigenvalue weighted by atomic mass is 10.0. The number of nitrogens with one attached hydrogen (secondary N) is 1. The summed E-state index contributed by atoms with van der Waals surface area (Å²) in [4.78, 5) is 28.9. The third-order valence-corrected chi connectivity index (χ3v) is 7.77. The highest BCUT2D eigenvalue weighted by Crippen LogP contribution is 2.26. The molecular weight excluding hydrogens is 528 g/mol. The number of ether oxygens (including phenoxy) is 1. The number of benzene rings is 3. The van der Waals surface area contributed by atoms with Crippen molar-refractivity contribution in [2.24, 2.45) is 0 Å². The van der Waals surface area contributed by atoms with Gasteiger partial charge in [-0.1, -0.05) is 83.0 Å². The van der Waals surface area contributed by atoms with E-state index >= 15 is 0 Å². The highest BCUT2D eigenvalue weighted by molar-refractivity contribution is 9.10. The van der Waals surface area contributed by atoms with Gasteiger partial charge in [0.1, 0.15) is 11.8 Å². The first-order valence-electron chi connectivity index (χ1n) is 12.8. The van der Waals surface area contributed by atoms with E-state index in [1.54, 1.807) is 4.90 Å². The van der Waals surface area contributed by atoms with Crippen molar-refractivity contribution in [3.05, 3.63) is 99.0 Å². The Morgan fingerprint density at radius 1 is 0.946 bits per heavy atom. The van der Waals surface area contributed by atoms with E-state index in [4.69, 9.17) is 4.74 Å². The summed E-state index contributed by atoms with van der Waals surface area (Å²) in [5, 5.41) is 3.10. The molecule has 3 aromatic carbocycles. The van der Waals surface area contributed by atoms with Gasteiger partial charge in [-0.15, -0.1) is 0 Å². The Hall–Kier alpha value is -3.12. The summed E-state index contributed by atoms with van der Waals surface area (Å²) in [6.07, 6.45) is 1.22. The molecule has 2 amide bonds. The number of halogens is 1. The van der Waals surface area contributed by atoms with Gasteiger partial charge < -0.3 is 15.0 Å². The third kappa shape index (κ3) is 8.19. The maximum Gasteiger partial charge on any atom is 0.261 e. The summed E-state index contributed by atoms with van der Waals surface area (Å²) in [5.74, 6) is 0.235. The van der Waals surface area contributed by atoms with Crippen molar-refractivity contribution in [3.63, 3.8) is 0 Å². The summed E-state index contributed by atoms with van der Waals surface area (Å²) in [5.41, 5.74) is 5.17. The van der Waals surface area contributed by atoms with Crippen molar-refractivity contribution in [2.75, 3.05) is 6.61 Å². The van der Waals surface area contributed by atoms with Crippen molar-refractivity contribution in [2.45, 2.75) is 66.1 Å². The summed E-state index contributed by atoms with van der Waals surface area (Å²) < 4.78 is 6.99. The molecule has 0 bridgehead atoms. The van der Waals surface area contributed by atoms with Crippen molar-refractivity contribution in [3.8, 4) is 5.75 Å². The smallest absolute Gasteiger partial charge is 0.261 e. The second kappa shape index (κ2) is 13.4. The standard InChI is InChI=1S/C31H37BrN2O3/c1-6-24(5)33-31(36)28(18-25-10-8-7-9-11-25)34(19-26-14-12-21(2)13-15-26)29(35)20-37-27-16-22(3)30(32)23(4)17-27/h7-17,24,28H,6,18-20H2,1-5H3,(H,33,36)/t24-,28+/m0/s1. The van der Waals surface area contributed by atoms with Gasteiger partial charge in [0.15, 0.2) is 6.61 Å². The molecule has 0 aliphatic carbocycles. The van der Waals surface area contributed by atoms with Crippen LogP contribution in [0.1, 0.15) is 48.1 Å². The molecule has 0 unspecified atom stereocenters. The normalized spacial score (nSPS) is 12.5. The number of nitrogens with zero attached hydrogens (tertiary/aromatic N) is 1. The molecule has 0 aromatic heterocycles. The van der Waals surface area contributed by atoms with E-state index in [9.17, 15) is 9.59 Å². The molecule has 196 valence electrons. The van der Waals surface area contributed by atoms with Crippen LogP contribution in [0, 0.1) is 20.8 Å². The van der Waals surface area contributed by atoms with Gasteiger partial charge in [0, 0.05) is 23.5 Å². The first-order valence-corrected chi connectivity index (χ1v) is 13.6. The Bertz CT molecular complexity index is 1170. The zero-order valence-electron chi connectivity index (χ0n) is 22.4. The number of carbonyl (C=O) groups is 2. The molecule has 3 aromatic rings. The number of hydrogen-bond acceptors (Lipinski definition) is 3. The zero-order chi connectivity index (χ0) is 26.9. The number of carbonyl (C=O) groups excluding carboxylic acids is 2. The lowest BCUT2D eigenvalue weighted by Crippen LogP contribution is -2.53. The Balaban J connectivity index is 1.92. The van der Waals surface area contributed by atoms with Crippen molar-refractivity contribution >= 4 is 27.7 Å². The quantitative estimate of drug-likeness (QED) is 0.297. The number of aryl methyl sites for hydroxylation is 3. The monoisotopic (exact) mass is 564 g/mol. The van der Waals surface area contributed by atoms with Crippen LogP contribution in [0.5, 0.6) is 5.75 Å². The topological polar surface area (TPSA) is 58.6 Å². The largest absolute Gasteiger partial charge is 0.484 e. The van der Waals surface area contributed by atoms with Gasteiger partial charge in [-0.25, -0.2) is 0 Å². The van der Waals surface area contributed by atoms with Crippen molar-refractivity contribution in [1.29, 1.82) is 0 Å². The highest BCUT2D eigenvalue weighted by atomic mass is 79.9. The lowest BCUT2D eigenvalue weighted by Gasteiger charge is -2.32. The first kappa shape index (κ1) is 28.5. The zero-order valence-corrected chi connectivity index (χ0v) is 24.0. The molecule has 0 saturated heterocycles. The van der Waals surface area contributed by atoms with E-state index in [0.29, 0.717) is 18.7 Å². The fourth-order valence-corrected chi connectivity index (χ4v) is 4.33. The van der Waals surface area contributed by atoms with Gasteiger partial charge >= 0.3 is 0 Å². The minimum absolute atomic E-state index is 0.00654. The van der Waals surface area contributed by atoms with Crippen LogP contribution in [0.2, 0.25) is 0 Å². The van der Waals surface area contributed by atoms with Gasteiger partial charge in [-0.2, -0.15) is 0 Å². The lowest BCUT2D eigenvalue weighted by molar-refractivity contribution is -0.143. The van der Waals surface area contributed by atoms with Gasteiger partial charge in [-0.05, 0) is 68.5 Å². The number of rotatable bonds is 11. The van der Waals surface area contributed by atoms with Crippen LogP contribution in [-0.4, -0.2) is 35.4 Å². The SMILES string of the molecule is CC[C@H](C)NC(=O)[C@@H](Cc1ccccc1)N(Cc1ccc(C)cc1)C(=O)COc1cc(C)c(Br)c(C)c1. The molecular formula is C31H37BrN2O3. The fourth-order valence-electron chi connectivity index (χ4n) is 4.10. The van der Waals surface area contributed by atoms with Gasteiger partial charge in [0.25, 0.3) is 5.91 Å². The number of hydrogen-bond donors (Lipinski definition) is 1. The first-order chi connectivity index (χ1) is 17.7. The van der Waals surface area contributed by atoms with Crippen LogP contribution in [0.4, 0.5) is 0 Å². The van der Waals surface area contributed by atoms with E-state index < -0.39 is 6.04 Å². The molecule has 1 N–H and O–H groups in total. The molecule has 2 atom stereocenters. The van der Waals surface area contributed by atoms with E-state index in [1.165, 1.54) is 0 Å². The predicted molar refractivity (Wildman–Crippen MR) is 153 cm³/mol. The van der Waals surface area contributed by atoms with E-state index in [-0.39, 0.29) is 24.5 Å². The van der Waals surface area contributed by atoms with Crippen molar-refractivity contribution in [1.82, 2.24) is 10.2 Å². The Labute approximate surface area is 229 Å². The van der Waals surface area contributed by atoms with Crippen LogP contribution in [0.15, 0.2) is 71.2 Å². The predicted octanol–water partition coefficient (Wildman–Crippen LogP) is 6.31. The molecule has 0 radical (unpaired) electrons. The Morgan fingerprint density at radius 2 is 1.57 bits per heavy atom. The molecule has 0 spiro atoms. The summed E-state index contributed by atoms with van der Waals surface area (Å²) in [6, 6.07) is 21.0. The van der Waals surface area contributed by atoms with E-state index in [2.05, 4.69) is 21.2 Å². The Kier molecular flexibility index (Phi) is 10.3. The van der Waals surface area contributed by atoms with E-state index in [1.807, 2.05) is 101 Å². The summed E-state index contributed by atoms with van der Waals surface area (Å²) >= 11 is 3.58. The molecule has 0 heterocycles. The molecule has 37 heavy (non-hydrogen) atoms. The minimum Gasteiger partial charge on any atom is -0.484 e. The van der Waals surface area contributed by atoms with Crippen LogP contribution < -0.4 is 10.1 Å². The fraction of sp³-hybridized carbons (Fsp3) is 0.355. The van der Waals surface area contributed by atoms with Gasteiger partial charge in [0.05, 0.1) is 0 Å². The summed E-state index contributed by atoms with van der Waals surface area (Å²) in [6.45, 7) is 10.2. The molecule has 5 nitrogen and oxygen atoms in total. The molecule has 0 saturated carbocycles. The average molecular weight is 566 g/mol. The third-order valence-electron chi connectivity index (χ3n) is 6.52. The maximum atomic E-state index is 13.7.